The molecule has 0 atom stereocenters. The van der Waals surface area contributed by atoms with Crippen LogP contribution in [0.3, 0.4) is 0 Å². The third-order valence-electron chi connectivity index (χ3n) is 4.85. The number of nitro groups is 1. The Morgan fingerprint density at radius 2 is 1.79 bits per heavy atom. The van der Waals surface area contributed by atoms with Crippen molar-refractivity contribution >= 4 is 40.4 Å². The van der Waals surface area contributed by atoms with Crippen molar-refractivity contribution in [1.82, 2.24) is 19.9 Å². The number of nitrogens with one attached hydrogen (secondary N) is 2. The Hall–Kier alpha value is -4.31. The third-order valence-corrected chi connectivity index (χ3v) is 5.16. The van der Waals surface area contributed by atoms with Gasteiger partial charge in [0.25, 0.3) is 17.5 Å². The SMILES string of the molecule is O=C(Nc1ccccc1C(=O)NCCc1nnc2ccccn12)c1ccc([N+](=O)[O-])cc1Cl. The molecule has 0 fully saturated rings. The number of nitrogens with zero attached hydrogens (tertiary/aromatic N) is 4. The van der Waals surface area contributed by atoms with Gasteiger partial charge >= 0.3 is 0 Å². The van der Waals surface area contributed by atoms with Gasteiger partial charge in [-0.2, -0.15) is 0 Å². The predicted molar refractivity (Wildman–Crippen MR) is 122 cm³/mol. The van der Waals surface area contributed by atoms with E-state index in [2.05, 4.69) is 20.8 Å². The number of nitro benzene ring substituents is 1. The van der Waals surface area contributed by atoms with Gasteiger partial charge in [0.1, 0.15) is 5.82 Å². The van der Waals surface area contributed by atoms with Gasteiger partial charge in [0.2, 0.25) is 0 Å². The summed E-state index contributed by atoms with van der Waals surface area (Å²) >= 11 is 6.04. The van der Waals surface area contributed by atoms with E-state index in [1.165, 1.54) is 12.1 Å². The molecule has 0 aliphatic carbocycles. The number of hydrogen-bond donors (Lipinski definition) is 2. The van der Waals surface area contributed by atoms with E-state index in [9.17, 15) is 19.7 Å². The van der Waals surface area contributed by atoms with Gasteiger partial charge in [0.05, 0.1) is 26.8 Å². The average molecular weight is 465 g/mol. The molecule has 166 valence electrons. The molecule has 0 radical (unpaired) electrons. The van der Waals surface area contributed by atoms with Crippen molar-refractivity contribution in [2.24, 2.45) is 0 Å². The number of aromatic nitrogens is 3. The number of fused-ring (bicyclic) bond motifs is 1. The van der Waals surface area contributed by atoms with Crippen molar-refractivity contribution < 1.29 is 14.5 Å². The van der Waals surface area contributed by atoms with E-state index in [0.717, 1.165) is 11.7 Å². The Morgan fingerprint density at radius 3 is 2.58 bits per heavy atom. The second-order valence-corrected chi connectivity index (χ2v) is 7.38. The first kappa shape index (κ1) is 21.9. The molecule has 0 unspecified atom stereocenters. The molecule has 2 aromatic carbocycles. The number of hydrogen-bond acceptors (Lipinski definition) is 6. The average Bonchev–Trinajstić information content (AvgIpc) is 3.22. The first-order valence-corrected chi connectivity index (χ1v) is 10.2. The molecule has 2 heterocycles. The molecule has 11 heteroatoms. The fraction of sp³-hybridized carbons (Fsp3) is 0.0909. The molecule has 0 aliphatic rings. The Labute approximate surface area is 192 Å². The minimum Gasteiger partial charge on any atom is -0.352 e. The number of carbonyl (C=O) groups is 2. The van der Waals surface area contributed by atoms with Gasteiger partial charge in [-0.25, -0.2) is 0 Å². The first-order valence-electron chi connectivity index (χ1n) is 9.85. The van der Waals surface area contributed by atoms with E-state index in [1.807, 2.05) is 28.8 Å². The summed E-state index contributed by atoms with van der Waals surface area (Å²) < 4.78 is 1.84. The Morgan fingerprint density at radius 1 is 1.00 bits per heavy atom. The number of anilines is 1. The Balaban J connectivity index is 1.44. The topological polar surface area (TPSA) is 132 Å². The quantitative estimate of drug-likeness (QED) is 0.318. The highest BCUT2D eigenvalue weighted by molar-refractivity contribution is 6.34. The number of non-ortho nitro benzene ring substituents is 1. The van der Waals surface area contributed by atoms with E-state index >= 15 is 0 Å². The molecule has 4 rings (SSSR count). The standard InChI is InChI=1S/C22H17ClN6O4/c23-17-13-14(29(32)33)8-9-15(17)22(31)25-18-6-2-1-5-16(18)21(30)24-11-10-20-27-26-19-7-3-4-12-28(19)20/h1-9,12-13H,10-11H2,(H,24,30)(H,25,31). The van der Waals surface area contributed by atoms with Gasteiger partial charge in [-0.3, -0.25) is 24.1 Å². The molecule has 2 aromatic heterocycles. The summed E-state index contributed by atoms with van der Waals surface area (Å²) in [4.78, 5) is 35.7. The predicted octanol–water partition coefficient (Wildman–Crippen LogP) is 3.52. The van der Waals surface area contributed by atoms with Crippen molar-refractivity contribution in [2.45, 2.75) is 6.42 Å². The minimum atomic E-state index is -0.602. The molecular formula is C22H17ClN6O4. The molecule has 0 bridgehead atoms. The molecule has 0 spiro atoms. The van der Waals surface area contributed by atoms with Crippen molar-refractivity contribution in [3.63, 3.8) is 0 Å². The first-order chi connectivity index (χ1) is 15.9. The fourth-order valence-electron chi connectivity index (χ4n) is 3.23. The van der Waals surface area contributed by atoms with Crippen LogP contribution in [0, 0.1) is 10.1 Å². The van der Waals surface area contributed by atoms with Crippen LogP contribution >= 0.6 is 11.6 Å². The number of para-hydroxylation sites is 1. The zero-order valence-electron chi connectivity index (χ0n) is 17.1. The number of halogens is 1. The Bertz CT molecular complexity index is 1370. The van der Waals surface area contributed by atoms with Gasteiger partial charge in [0.15, 0.2) is 5.65 Å². The van der Waals surface area contributed by atoms with E-state index in [-0.39, 0.29) is 33.4 Å². The number of pyridine rings is 1. The smallest absolute Gasteiger partial charge is 0.270 e. The van der Waals surface area contributed by atoms with Crippen molar-refractivity contribution in [3.05, 3.63) is 98.9 Å². The summed E-state index contributed by atoms with van der Waals surface area (Å²) in [6, 6.07) is 15.6. The highest BCUT2D eigenvalue weighted by atomic mass is 35.5. The summed E-state index contributed by atoms with van der Waals surface area (Å²) in [5, 5.41) is 24.5. The van der Waals surface area contributed by atoms with E-state index < -0.39 is 10.8 Å². The molecular weight excluding hydrogens is 448 g/mol. The molecule has 10 nitrogen and oxygen atoms in total. The van der Waals surface area contributed by atoms with Crippen LogP contribution in [0.5, 0.6) is 0 Å². The van der Waals surface area contributed by atoms with Crippen LogP contribution in [0.25, 0.3) is 5.65 Å². The molecule has 0 saturated heterocycles. The van der Waals surface area contributed by atoms with Gasteiger partial charge in [0, 0.05) is 31.3 Å². The lowest BCUT2D eigenvalue weighted by atomic mass is 10.1. The highest BCUT2D eigenvalue weighted by Gasteiger charge is 2.18. The largest absolute Gasteiger partial charge is 0.352 e. The lowest BCUT2D eigenvalue weighted by Gasteiger charge is -2.12. The number of benzene rings is 2. The third kappa shape index (κ3) is 4.80. The number of carbonyl (C=O) groups excluding carboxylic acids is 2. The molecule has 33 heavy (non-hydrogen) atoms. The molecule has 2 amide bonds. The van der Waals surface area contributed by atoms with E-state index in [1.54, 1.807) is 24.3 Å². The lowest BCUT2D eigenvalue weighted by Crippen LogP contribution is -2.27. The van der Waals surface area contributed by atoms with Gasteiger partial charge < -0.3 is 10.6 Å². The second-order valence-electron chi connectivity index (χ2n) is 6.97. The van der Waals surface area contributed by atoms with E-state index in [4.69, 9.17) is 11.6 Å². The van der Waals surface area contributed by atoms with Crippen LogP contribution in [-0.2, 0) is 6.42 Å². The van der Waals surface area contributed by atoms with Gasteiger partial charge in [-0.1, -0.05) is 29.8 Å². The normalized spacial score (nSPS) is 10.7. The summed E-state index contributed by atoms with van der Waals surface area (Å²) in [5.41, 5.74) is 1.09. The molecule has 0 aliphatic heterocycles. The number of rotatable bonds is 7. The lowest BCUT2D eigenvalue weighted by molar-refractivity contribution is -0.384. The summed E-state index contributed by atoms with van der Waals surface area (Å²) in [6.07, 6.45) is 2.31. The second kappa shape index (κ2) is 9.45. The maximum Gasteiger partial charge on any atom is 0.270 e. The molecule has 2 N–H and O–H groups in total. The number of amides is 2. The maximum absolute atomic E-state index is 12.8. The van der Waals surface area contributed by atoms with Gasteiger partial charge in [-0.15, -0.1) is 10.2 Å². The fourth-order valence-corrected chi connectivity index (χ4v) is 3.49. The van der Waals surface area contributed by atoms with E-state index in [0.29, 0.717) is 18.8 Å². The van der Waals surface area contributed by atoms with Crippen molar-refractivity contribution in [1.29, 1.82) is 0 Å². The van der Waals surface area contributed by atoms with Crippen molar-refractivity contribution in [3.8, 4) is 0 Å². The van der Waals surface area contributed by atoms with Crippen molar-refractivity contribution in [2.75, 3.05) is 11.9 Å². The van der Waals surface area contributed by atoms with Crippen LogP contribution in [0.1, 0.15) is 26.5 Å². The zero-order chi connectivity index (χ0) is 23.4. The monoisotopic (exact) mass is 464 g/mol. The van der Waals surface area contributed by atoms with Gasteiger partial charge in [-0.05, 0) is 30.3 Å². The van der Waals surface area contributed by atoms with Crippen LogP contribution in [-0.4, -0.2) is 37.9 Å². The zero-order valence-corrected chi connectivity index (χ0v) is 17.8. The summed E-state index contributed by atoms with van der Waals surface area (Å²) in [5.74, 6) is -0.264. The summed E-state index contributed by atoms with van der Waals surface area (Å²) in [7, 11) is 0. The van der Waals surface area contributed by atoms with Crippen LogP contribution in [0.15, 0.2) is 66.9 Å². The Kier molecular flexibility index (Phi) is 6.27. The molecule has 4 aromatic rings. The van der Waals surface area contributed by atoms with Crippen LogP contribution in [0.4, 0.5) is 11.4 Å². The van der Waals surface area contributed by atoms with Crippen LogP contribution in [0.2, 0.25) is 5.02 Å². The summed E-state index contributed by atoms with van der Waals surface area (Å²) in [6.45, 7) is 0.310. The molecule has 0 saturated carbocycles. The van der Waals surface area contributed by atoms with Crippen LogP contribution < -0.4 is 10.6 Å². The minimum absolute atomic E-state index is 0.0520. The highest BCUT2D eigenvalue weighted by Crippen LogP contribution is 2.24. The maximum atomic E-state index is 12.8.